The Kier molecular flexibility index (Phi) is 6.12. The highest BCUT2D eigenvalue weighted by atomic mass is 127. The van der Waals surface area contributed by atoms with E-state index in [1.807, 2.05) is 0 Å². The second kappa shape index (κ2) is 7.66. The van der Waals surface area contributed by atoms with Crippen molar-refractivity contribution in [1.29, 1.82) is 0 Å². The largest absolute Gasteiger partial charge is 0.357 e. The predicted molar refractivity (Wildman–Crippen MR) is 104 cm³/mol. The Morgan fingerprint density at radius 1 is 1.27 bits per heavy atom. The molecule has 3 nitrogen and oxygen atoms in total. The molecular formula is C18H28IN3. The van der Waals surface area contributed by atoms with Crippen LogP contribution in [0.25, 0.3) is 0 Å². The van der Waals surface area contributed by atoms with E-state index in [-0.39, 0.29) is 29.4 Å². The molecule has 2 N–H and O–H groups in total. The molecule has 0 radical (unpaired) electrons. The Morgan fingerprint density at radius 2 is 1.95 bits per heavy atom. The number of nitrogens with one attached hydrogen (secondary N) is 2. The lowest BCUT2D eigenvalue weighted by Gasteiger charge is -2.41. The second-order valence-corrected chi connectivity index (χ2v) is 6.66. The Hall–Kier alpha value is -0.780. The minimum absolute atomic E-state index is 0. The van der Waals surface area contributed by atoms with Crippen LogP contribution in [0.15, 0.2) is 35.3 Å². The van der Waals surface area contributed by atoms with E-state index in [0.29, 0.717) is 6.04 Å². The van der Waals surface area contributed by atoms with Gasteiger partial charge in [0.25, 0.3) is 0 Å². The highest BCUT2D eigenvalue weighted by Crippen LogP contribution is 2.43. The quantitative estimate of drug-likeness (QED) is 0.439. The highest BCUT2D eigenvalue weighted by Gasteiger charge is 2.39. The van der Waals surface area contributed by atoms with Crippen molar-refractivity contribution in [3.05, 3.63) is 35.9 Å². The van der Waals surface area contributed by atoms with E-state index in [2.05, 4.69) is 54.8 Å². The van der Waals surface area contributed by atoms with Crippen molar-refractivity contribution in [2.75, 3.05) is 13.1 Å². The van der Waals surface area contributed by atoms with Crippen LogP contribution in [0.3, 0.4) is 0 Å². The summed E-state index contributed by atoms with van der Waals surface area (Å²) in [7, 11) is 0. The third-order valence-corrected chi connectivity index (χ3v) is 5.01. The zero-order chi connectivity index (χ0) is 14.7. The Balaban J connectivity index is 0.00000176. The fourth-order valence-corrected chi connectivity index (χ4v) is 3.18. The summed E-state index contributed by atoms with van der Waals surface area (Å²) >= 11 is 0. The molecule has 22 heavy (non-hydrogen) atoms. The van der Waals surface area contributed by atoms with E-state index in [0.717, 1.165) is 25.0 Å². The molecule has 2 unspecified atom stereocenters. The van der Waals surface area contributed by atoms with Crippen molar-refractivity contribution in [2.45, 2.75) is 51.0 Å². The first kappa shape index (κ1) is 17.6. The van der Waals surface area contributed by atoms with E-state index in [1.165, 1.54) is 31.2 Å². The van der Waals surface area contributed by atoms with Gasteiger partial charge in [-0.3, -0.25) is 4.99 Å². The summed E-state index contributed by atoms with van der Waals surface area (Å²) in [5.41, 5.74) is 1.73. The van der Waals surface area contributed by atoms with Crippen molar-refractivity contribution in [2.24, 2.45) is 10.9 Å². The molecule has 0 saturated heterocycles. The van der Waals surface area contributed by atoms with E-state index in [1.54, 1.807) is 0 Å². The topological polar surface area (TPSA) is 36.4 Å². The average molecular weight is 413 g/mol. The van der Waals surface area contributed by atoms with Gasteiger partial charge in [0.2, 0.25) is 0 Å². The molecule has 0 amide bonds. The first-order chi connectivity index (χ1) is 10.2. The van der Waals surface area contributed by atoms with Gasteiger partial charge in [-0.05, 0) is 37.7 Å². The van der Waals surface area contributed by atoms with Gasteiger partial charge in [-0.1, -0.05) is 43.7 Å². The molecule has 2 aliphatic rings. The van der Waals surface area contributed by atoms with Gasteiger partial charge in [-0.2, -0.15) is 0 Å². The standard InChI is InChI=1S/C18H27N3.HI/c1-3-19-17(21-16-12-14(16)2)20-13-18(10-7-11-18)15-8-5-4-6-9-15;/h4-6,8-9,14,16H,3,7,10-13H2,1-2H3,(H2,19,20,21);1H. The number of guanidine groups is 1. The fourth-order valence-electron chi connectivity index (χ4n) is 3.18. The van der Waals surface area contributed by atoms with Crippen molar-refractivity contribution < 1.29 is 0 Å². The van der Waals surface area contributed by atoms with Crippen molar-refractivity contribution in [3.8, 4) is 0 Å². The van der Waals surface area contributed by atoms with Gasteiger partial charge in [-0.15, -0.1) is 24.0 Å². The lowest BCUT2D eigenvalue weighted by atomic mass is 9.64. The molecule has 2 fully saturated rings. The number of benzene rings is 1. The molecule has 0 heterocycles. The molecule has 0 aromatic heterocycles. The minimum atomic E-state index is 0. The van der Waals surface area contributed by atoms with Gasteiger partial charge in [0.1, 0.15) is 0 Å². The summed E-state index contributed by atoms with van der Waals surface area (Å²) in [6.45, 7) is 6.24. The lowest BCUT2D eigenvalue weighted by Crippen LogP contribution is -2.42. The summed E-state index contributed by atoms with van der Waals surface area (Å²) in [5.74, 6) is 1.79. The number of hydrogen-bond acceptors (Lipinski definition) is 1. The van der Waals surface area contributed by atoms with Gasteiger partial charge in [0, 0.05) is 18.0 Å². The molecule has 2 aliphatic carbocycles. The van der Waals surface area contributed by atoms with Crippen LogP contribution >= 0.6 is 24.0 Å². The van der Waals surface area contributed by atoms with Gasteiger partial charge in [-0.25, -0.2) is 0 Å². The van der Waals surface area contributed by atoms with Gasteiger partial charge < -0.3 is 10.6 Å². The third kappa shape index (κ3) is 3.94. The average Bonchev–Trinajstić information content (AvgIpc) is 3.14. The SMILES string of the molecule is CCNC(=NCC1(c2ccccc2)CCC1)NC1CC1C.I. The molecule has 2 saturated carbocycles. The molecule has 2 atom stereocenters. The number of nitrogens with zero attached hydrogens (tertiary/aromatic N) is 1. The zero-order valence-corrected chi connectivity index (χ0v) is 16.0. The molecule has 4 heteroatoms. The Bertz CT molecular complexity index is 496. The summed E-state index contributed by atoms with van der Waals surface area (Å²) < 4.78 is 0. The number of rotatable bonds is 5. The van der Waals surface area contributed by atoms with Crippen LogP contribution in [0.5, 0.6) is 0 Å². The summed E-state index contributed by atoms with van der Waals surface area (Å²) in [6, 6.07) is 11.5. The normalized spacial score (nSPS) is 25.6. The van der Waals surface area contributed by atoms with E-state index in [9.17, 15) is 0 Å². The molecular weight excluding hydrogens is 385 g/mol. The first-order valence-corrected chi connectivity index (χ1v) is 8.34. The third-order valence-electron chi connectivity index (χ3n) is 5.01. The van der Waals surface area contributed by atoms with Crippen molar-refractivity contribution >= 4 is 29.9 Å². The fraction of sp³-hybridized carbons (Fsp3) is 0.611. The lowest BCUT2D eigenvalue weighted by molar-refractivity contribution is 0.253. The second-order valence-electron chi connectivity index (χ2n) is 6.66. The molecule has 1 aromatic carbocycles. The first-order valence-electron chi connectivity index (χ1n) is 8.34. The van der Waals surface area contributed by atoms with Crippen molar-refractivity contribution in [3.63, 3.8) is 0 Å². The van der Waals surface area contributed by atoms with Crippen LogP contribution in [-0.4, -0.2) is 25.1 Å². The maximum Gasteiger partial charge on any atom is 0.191 e. The number of aliphatic imine (C=N–C) groups is 1. The minimum Gasteiger partial charge on any atom is -0.357 e. The maximum absolute atomic E-state index is 4.89. The zero-order valence-electron chi connectivity index (χ0n) is 13.6. The Morgan fingerprint density at radius 3 is 2.45 bits per heavy atom. The molecule has 122 valence electrons. The van der Waals surface area contributed by atoms with Gasteiger partial charge >= 0.3 is 0 Å². The maximum atomic E-state index is 4.89. The van der Waals surface area contributed by atoms with E-state index in [4.69, 9.17) is 4.99 Å². The molecule has 1 aromatic rings. The molecule has 0 bridgehead atoms. The van der Waals surface area contributed by atoms with Crippen LogP contribution < -0.4 is 10.6 Å². The van der Waals surface area contributed by atoms with Crippen LogP contribution in [0.1, 0.15) is 45.1 Å². The molecule has 0 spiro atoms. The highest BCUT2D eigenvalue weighted by molar-refractivity contribution is 14.0. The van der Waals surface area contributed by atoms with Crippen LogP contribution in [0.2, 0.25) is 0 Å². The summed E-state index contributed by atoms with van der Waals surface area (Å²) in [5, 5.41) is 6.94. The molecule has 3 rings (SSSR count). The summed E-state index contributed by atoms with van der Waals surface area (Å²) in [4.78, 5) is 4.89. The number of hydrogen-bond donors (Lipinski definition) is 2. The Labute approximate surface area is 151 Å². The van der Waals surface area contributed by atoms with Crippen LogP contribution in [0, 0.1) is 5.92 Å². The molecule has 0 aliphatic heterocycles. The van der Waals surface area contributed by atoms with Gasteiger partial charge in [0.05, 0.1) is 6.54 Å². The number of halogens is 1. The summed E-state index contributed by atoms with van der Waals surface area (Å²) in [6.07, 6.45) is 5.13. The smallest absolute Gasteiger partial charge is 0.191 e. The van der Waals surface area contributed by atoms with E-state index < -0.39 is 0 Å². The van der Waals surface area contributed by atoms with Crippen LogP contribution in [-0.2, 0) is 5.41 Å². The van der Waals surface area contributed by atoms with Gasteiger partial charge in [0.15, 0.2) is 5.96 Å². The van der Waals surface area contributed by atoms with Crippen LogP contribution in [0.4, 0.5) is 0 Å². The monoisotopic (exact) mass is 413 g/mol. The van der Waals surface area contributed by atoms with E-state index >= 15 is 0 Å². The predicted octanol–water partition coefficient (Wildman–Crippen LogP) is 3.69. The van der Waals surface area contributed by atoms with Crippen molar-refractivity contribution in [1.82, 2.24) is 10.6 Å².